The molecule has 0 saturated heterocycles. The molecule has 0 bridgehead atoms. The van der Waals surface area contributed by atoms with Gasteiger partial charge in [-0.3, -0.25) is 4.79 Å². The van der Waals surface area contributed by atoms with E-state index in [1.54, 1.807) is 0 Å². The quantitative estimate of drug-likeness (QED) is 0.836. The van der Waals surface area contributed by atoms with Crippen molar-refractivity contribution in [2.24, 2.45) is 0 Å². The molecule has 0 aliphatic rings. The average Bonchev–Trinajstić information content (AvgIpc) is 2.50. The SMILES string of the molecule is CC(C)NC(=O)c1cc(C(C)C)sn1. The van der Waals surface area contributed by atoms with Gasteiger partial charge < -0.3 is 5.32 Å². The fourth-order valence-corrected chi connectivity index (χ4v) is 1.72. The first-order valence-electron chi connectivity index (χ1n) is 4.78. The van der Waals surface area contributed by atoms with Crippen LogP contribution < -0.4 is 5.32 Å². The number of hydrogen-bond donors (Lipinski definition) is 1. The molecule has 0 saturated carbocycles. The molecule has 0 fully saturated rings. The minimum Gasteiger partial charge on any atom is -0.348 e. The van der Waals surface area contributed by atoms with Gasteiger partial charge in [0.05, 0.1) is 0 Å². The van der Waals surface area contributed by atoms with Crippen molar-refractivity contribution in [1.82, 2.24) is 9.69 Å². The van der Waals surface area contributed by atoms with Gasteiger partial charge in [0.1, 0.15) is 5.69 Å². The third-order valence-corrected chi connectivity index (χ3v) is 2.84. The molecular formula is C10H16N2OS. The Hall–Kier alpha value is -0.900. The molecule has 1 aromatic heterocycles. The molecule has 0 aliphatic heterocycles. The minimum atomic E-state index is -0.0804. The molecule has 1 N–H and O–H groups in total. The van der Waals surface area contributed by atoms with Gasteiger partial charge in [-0.25, -0.2) is 0 Å². The Morgan fingerprint density at radius 2 is 2.07 bits per heavy atom. The van der Waals surface area contributed by atoms with Crippen LogP contribution in [0.2, 0.25) is 0 Å². The van der Waals surface area contributed by atoms with Gasteiger partial charge in [0.15, 0.2) is 0 Å². The topological polar surface area (TPSA) is 42.0 Å². The summed E-state index contributed by atoms with van der Waals surface area (Å²) in [4.78, 5) is 12.7. The molecule has 0 unspecified atom stereocenters. The fourth-order valence-electron chi connectivity index (χ4n) is 1.00. The molecule has 1 aromatic rings. The molecule has 14 heavy (non-hydrogen) atoms. The first kappa shape index (κ1) is 11.2. The van der Waals surface area contributed by atoms with Gasteiger partial charge in [0, 0.05) is 10.9 Å². The lowest BCUT2D eigenvalue weighted by atomic mass is 10.2. The van der Waals surface area contributed by atoms with Crippen LogP contribution in [0, 0.1) is 0 Å². The Kier molecular flexibility index (Phi) is 3.63. The van der Waals surface area contributed by atoms with Crippen LogP contribution in [0.4, 0.5) is 0 Å². The normalized spacial score (nSPS) is 11.0. The van der Waals surface area contributed by atoms with E-state index in [-0.39, 0.29) is 11.9 Å². The number of hydrogen-bond acceptors (Lipinski definition) is 3. The molecule has 4 heteroatoms. The minimum absolute atomic E-state index is 0.0804. The second kappa shape index (κ2) is 4.55. The van der Waals surface area contributed by atoms with Gasteiger partial charge in [0.2, 0.25) is 0 Å². The highest BCUT2D eigenvalue weighted by Gasteiger charge is 2.12. The molecule has 0 spiro atoms. The number of rotatable bonds is 3. The van der Waals surface area contributed by atoms with Gasteiger partial charge in [-0.2, -0.15) is 4.37 Å². The standard InChI is InChI=1S/C10H16N2OS/c1-6(2)9-5-8(12-14-9)10(13)11-7(3)4/h5-7H,1-4H3,(H,11,13). The summed E-state index contributed by atoms with van der Waals surface area (Å²) in [6.45, 7) is 8.07. The zero-order valence-electron chi connectivity index (χ0n) is 9.00. The van der Waals surface area contributed by atoms with Crippen molar-refractivity contribution >= 4 is 17.4 Å². The van der Waals surface area contributed by atoms with Gasteiger partial charge in [0.25, 0.3) is 5.91 Å². The van der Waals surface area contributed by atoms with E-state index in [2.05, 4.69) is 23.5 Å². The van der Waals surface area contributed by atoms with Gasteiger partial charge in [-0.1, -0.05) is 13.8 Å². The Morgan fingerprint density at radius 3 is 2.50 bits per heavy atom. The average molecular weight is 212 g/mol. The molecule has 0 aliphatic carbocycles. The molecular weight excluding hydrogens is 196 g/mol. The van der Waals surface area contributed by atoms with Crippen molar-refractivity contribution in [2.75, 3.05) is 0 Å². The molecule has 78 valence electrons. The van der Waals surface area contributed by atoms with Crippen molar-refractivity contribution in [3.05, 3.63) is 16.6 Å². The Morgan fingerprint density at radius 1 is 1.43 bits per heavy atom. The number of carbonyl (C=O) groups excluding carboxylic acids is 1. The zero-order valence-corrected chi connectivity index (χ0v) is 9.81. The molecule has 1 amide bonds. The van der Waals surface area contributed by atoms with Crippen LogP contribution in [-0.2, 0) is 0 Å². The molecule has 0 atom stereocenters. The van der Waals surface area contributed by atoms with Crippen molar-refractivity contribution in [1.29, 1.82) is 0 Å². The first-order chi connectivity index (χ1) is 6.50. The van der Waals surface area contributed by atoms with E-state index in [4.69, 9.17) is 0 Å². The van der Waals surface area contributed by atoms with Crippen LogP contribution in [0.1, 0.15) is 49.0 Å². The Labute approximate surface area is 88.7 Å². The van der Waals surface area contributed by atoms with E-state index in [1.807, 2.05) is 19.9 Å². The lowest BCUT2D eigenvalue weighted by molar-refractivity contribution is 0.0939. The van der Waals surface area contributed by atoms with Gasteiger partial charge in [-0.15, -0.1) is 0 Å². The van der Waals surface area contributed by atoms with E-state index in [1.165, 1.54) is 11.5 Å². The number of nitrogens with zero attached hydrogens (tertiary/aromatic N) is 1. The molecule has 3 nitrogen and oxygen atoms in total. The third-order valence-electron chi connectivity index (χ3n) is 1.75. The van der Waals surface area contributed by atoms with E-state index < -0.39 is 0 Å². The summed E-state index contributed by atoms with van der Waals surface area (Å²) in [5.74, 6) is 0.358. The van der Waals surface area contributed by atoms with Crippen molar-refractivity contribution in [3.8, 4) is 0 Å². The number of aromatic nitrogens is 1. The van der Waals surface area contributed by atoms with E-state index >= 15 is 0 Å². The van der Waals surface area contributed by atoms with E-state index in [0.717, 1.165) is 4.88 Å². The van der Waals surface area contributed by atoms with Crippen LogP contribution in [-0.4, -0.2) is 16.3 Å². The van der Waals surface area contributed by atoms with E-state index in [0.29, 0.717) is 11.6 Å². The lowest BCUT2D eigenvalue weighted by Crippen LogP contribution is -2.30. The second-order valence-electron chi connectivity index (χ2n) is 3.90. The van der Waals surface area contributed by atoms with Crippen LogP contribution in [0.15, 0.2) is 6.07 Å². The van der Waals surface area contributed by atoms with Crippen LogP contribution in [0.5, 0.6) is 0 Å². The number of amides is 1. The Bertz CT molecular complexity index is 318. The maximum absolute atomic E-state index is 11.5. The number of carbonyl (C=O) groups is 1. The fraction of sp³-hybridized carbons (Fsp3) is 0.600. The highest BCUT2D eigenvalue weighted by Crippen LogP contribution is 2.19. The maximum Gasteiger partial charge on any atom is 0.271 e. The van der Waals surface area contributed by atoms with Gasteiger partial charge >= 0.3 is 0 Å². The zero-order chi connectivity index (χ0) is 10.7. The highest BCUT2D eigenvalue weighted by molar-refractivity contribution is 7.06. The molecule has 1 heterocycles. The predicted octanol–water partition coefficient (Wildman–Crippen LogP) is 2.40. The van der Waals surface area contributed by atoms with Gasteiger partial charge in [-0.05, 0) is 37.4 Å². The first-order valence-corrected chi connectivity index (χ1v) is 5.55. The van der Waals surface area contributed by atoms with Crippen LogP contribution in [0.25, 0.3) is 0 Å². The largest absolute Gasteiger partial charge is 0.348 e. The highest BCUT2D eigenvalue weighted by atomic mass is 32.1. The summed E-state index contributed by atoms with van der Waals surface area (Å²) >= 11 is 1.40. The second-order valence-corrected chi connectivity index (χ2v) is 4.73. The third kappa shape index (κ3) is 2.80. The lowest BCUT2D eigenvalue weighted by Gasteiger charge is -2.05. The predicted molar refractivity (Wildman–Crippen MR) is 58.8 cm³/mol. The Balaban J connectivity index is 2.71. The molecule has 0 radical (unpaired) electrons. The maximum atomic E-state index is 11.5. The van der Waals surface area contributed by atoms with Crippen molar-refractivity contribution in [2.45, 2.75) is 39.7 Å². The summed E-state index contributed by atoms with van der Waals surface area (Å²) < 4.78 is 4.12. The summed E-state index contributed by atoms with van der Waals surface area (Å²) in [5, 5.41) is 2.82. The monoisotopic (exact) mass is 212 g/mol. The summed E-state index contributed by atoms with van der Waals surface area (Å²) in [6.07, 6.45) is 0. The smallest absolute Gasteiger partial charge is 0.271 e. The van der Waals surface area contributed by atoms with Crippen LogP contribution in [0.3, 0.4) is 0 Å². The summed E-state index contributed by atoms with van der Waals surface area (Å²) in [5.41, 5.74) is 0.535. The summed E-state index contributed by atoms with van der Waals surface area (Å²) in [7, 11) is 0. The van der Waals surface area contributed by atoms with Crippen molar-refractivity contribution < 1.29 is 4.79 Å². The molecule has 1 rings (SSSR count). The van der Waals surface area contributed by atoms with E-state index in [9.17, 15) is 4.79 Å². The summed E-state index contributed by atoms with van der Waals surface area (Å²) in [6, 6.07) is 2.03. The van der Waals surface area contributed by atoms with Crippen LogP contribution >= 0.6 is 11.5 Å². The molecule has 0 aromatic carbocycles. The number of nitrogens with one attached hydrogen (secondary N) is 1. The van der Waals surface area contributed by atoms with Crippen molar-refractivity contribution in [3.63, 3.8) is 0 Å².